The number of hydrogen-bond acceptors (Lipinski definition) is 2. The molecule has 0 aromatic heterocycles. The van der Waals surface area contributed by atoms with E-state index in [-0.39, 0.29) is 0 Å². The van der Waals surface area contributed by atoms with Crippen LogP contribution in [-0.2, 0) is 6.54 Å². The van der Waals surface area contributed by atoms with Crippen LogP contribution >= 0.6 is 0 Å². The van der Waals surface area contributed by atoms with E-state index in [4.69, 9.17) is 0 Å². The maximum Gasteiger partial charge on any atom is 0.0210 e. The van der Waals surface area contributed by atoms with Crippen LogP contribution in [0.1, 0.15) is 36.3 Å². The molecular formula is C15H22N2. The van der Waals surface area contributed by atoms with Crippen molar-refractivity contribution in [2.24, 2.45) is 0 Å². The largest absolute Gasteiger partial charge is 0.309 e. The molecule has 1 unspecified atom stereocenters. The first-order valence-electron chi connectivity index (χ1n) is 6.82. The summed E-state index contributed by atoms with van der Waals surface area (Å²) < 4.78 is 0. The third kappa shape index (κ3) is 2.88. The fourth-order valence-electron chi connectivity index (χ4n) is 2.74. The lowest BCUT2D eigenvalue weighted by atomic mass is 10.1. The van der Waals surface area contributed by atoms with Crippen molar-refractivity contribution in [1.29, 1.82) is 0 Å². The average Bonchev–Trinajstić information content (AvgIpc) is 3.11. The second-order valence-electron chi connectivity index (χ2n) is 5.65. The average molecular weight is 230 g/mol. The van der Waals surface area contributed by atoms with E-state index in [1.165, 1.54) is 37.9 Å². The molecule has 3 rings (SSSR count). The van der Waals surface area contributed by atoms with Gasteiger partial charge >= 0.3 is 0 Å². The van der Waals surface area contributed by atoms with Gasteiger partial charge in [-0.25, -0.2) is 0 Å². The molecule has 1 saturated carbocycles. The predicted octanol–water partition coefficient (Wildman–Crippen LogP) is 2.36. The van der Waals surface area contributed by atoms with Gasteiger partial charge in [-0.3, -0.25) is 0 Å². The van der Waals surface area contributed by atoms with Crippen LogP contribution in [0.2, 0.25) is 0 Å². The van der Waals surface area contributed by atoms with Gasteiger partial charge in [-0.05, 0) is 49.9 Å². The highest BCUT2D eigenvalue weighted by Crippen LogP contribution is 2.40. The van der Waals surface area contributed by atoms with Gasteiger partial charge in [0.05, 0.1) is 0 Å². The van der Waals surface area contributed by atoms with E-state index < -0.39 is 0 Å². The monoisotopic (exact) mass is 230 g/mol. The number of nitrogens with zero attached hydrogens (tertiary/aromatic N) is 1. The SMILES string of the molecule is CN1CCC(NCc2cccc(C3CC3)c2)C1. The van der Waals surface area contributed by atoms with E-state index in [2.05, 4.69) is 41.5 Å². The Morgan fingerprint density at radius 2 is 2.18 bits per heavy atom. The minimum absolute atomic E-state index is 0.685. The highest BCUT2D eigenvalue weighted by atomic mass is 15.2. The molecule has 0 amide bonds. The Labute approximate surface area is 104 Å². The summed E-state index contributed by atoms with van der Waals surface area (Å²) in [4.78, 5) is 2.40. The highest BCUT2D eigenvalue weighted by Gasteiger charge is 2.23. The van der Waals surface area contributed by atoms with Crippen molar-refractivity contribution >= 4 is 0 Å². The van der Waals surface area contributed by atoms with Crippen molar-refractivity contribution < 1.29 is 0 Å². The molecule has 1 aromatic rings. The van der Waals surface area contributed by atoms with Crippen molar-refractivity contribution in [3.05, 3.63) is 35.4 Å². The molecule has 0 spiro atoms. The molecule has 1 heterocycles. The van der Waals surface area contributed by atoms with Gasteiger partial charge in [0.1, 0.15) is 0 Å². The summed E-state index contributed by atoms with van der Waals surface area (Å²) in [5.74, 6) is 0.868. The summed E-state index contributed by atoms with van der Waals surface area (Å²) in [5.41, 5.74) is 3.00. The zero-order valence-corrected chi connectivity index (χ0v) is 10.7. The zero-order valence-electron chi connectivity index (χ0n) is 10.7. The summed E-state index contributed by atoms with van der Waals surface area (Å²) in [6.45, 7) is 3.46. The van der Waals surface area contributed by atoms with Crippen LogP contribution in [0.25, 0.3) is 0 Å². The molecule has 1 aliphatic heterocycles. The topological polar surface area (TPSA) is 15.3 Å². The number of benzene rings is 1. The smallest absolute Gasteiger partial charge is 0.0210 e. The maximum atomic E-state index is 3.67. The molecule has 17 heavy (non-hydrogen) atoms. The molecule has 2 aliphatic rings. The van der Waals surface area contributed by atoms with Gasteiger partial charge in [-0.2, -0.15) is 0 Å². The summed E-state index contributed by atoms with van der Waals surface area (Å²) >= 11 is 0. The van der Waals surface area contributed by atoms with Gasteiger partial charge in [0.2, 0.25) is 0 Å². The van der Waals surface area contributed by atoms with Crippen molar-refractivity contribution in [3.8, 4) is 0 Å². The van der Waals surface area contributed by atoms with Gasteiger partial charge in [0.25, 0.3) is 0 Å². The fraction of sp³-hybridized carbons (Fsp3) is 0.600. The molecule has 1 saturated heterocycles. The zero-order chi connectivity index (χ0) is 11.7. The number of rotatable bonds is 4. The van der Waals surface area contributed by atoms with Crippen LogP contribution in [0.3, 0.4) is 0 Å². The van der Waals surface area contributed by atoms with Gasteiger partial charge in [0, 0.05) is 19.1 Å². The third-order valence-corrected chi connectivity index (χ3v) is 3.99. The molecule has 0 bridgehead atoms. The minimum Gasteiger partial charge on any atom is -0.309 e. The van der Waals surface area contributed by atoms with Crippen molar-refractivity contribution in [1.82, 2.24) is 10.2 Å². The molecule has 1 aliphatic carbocycles. The van der Waals surface area contributed by atoms with Gasteiger partial charge < -0.3 is 10.2 Å². The summed E-state index contributed by atoms with van der Waals surface area (Å²) in [5, 5.41) is 3.67. The molecule has 1 aromatic carbocycles. The second-order valence-corrected chi connectivity index (χ2v) is 5.65. The van der Waals surface area contributed by atoms with Crippen LogP contribution in [0.5, 0.6) is 0 Å². The quantitative estimate of drug-likeness (QED) is 0.854. The van der Waals surface area contributed by atoms with E-state index in [1.807, 2.05) is 0 Å². The molecular weight excluding hydrogens is 208 g/mol. The van der Waals surface area contributed by atoms with Gasteiger partial charge in [-0.1, -0.05) is 24.3 Å². The fourth-order valence-corrected chi connectivity index (χ4v) is 2.74. The highest BCUT2D eigenvalue weighted by molar-refractivity contribution is 5.29. The molecule has 2 fully saturated rings. The Morgan fingerprint density at radius 1 is 1.29 bits per heavy atom. The van der Waals surface area contributed by atoms with E-state index in [1.54, 1.807) is 5.56 Å². The maximum absolute atomic E-state index is 3.67. The number of nitrogens with one attached hydrogen (secondary N) is 1. The van der Waals surface area contributed by atoms with Crippen molar-refractivity contribution in [2.75, 3.05) is 20.1 Å². The van der Waals surface area contributed by atoms with Crippen LogP contribution in [0.4, 0.5) is 0 Å². The summed E-state index contributed by atoms with van der Waals surface area (Å²) in [6, 6.07) is 9.82. The summed E-state index contributed by atoms with van der Waals surface area (Å²) in [7, 11) is 2.20. The lowest BCUT2D eigenvalue weighted by molar-refractivity contribution is 0.397. The standard InChI is InChI=1S/C15H22N2/c1-17-8-7-15(11-17)16-10-12-3-2-4-14(9-12)13-5-6-13/h2-4,9,13,15-16H,5-8,10-11H2,1H3. The molecule has 92 valence electrons. The number of hydrogen-bond donors (Lipinski definition) is 1. The normalized spacial score (nSPS) is 25.4. The van der Waals surface area contributed by atoms with Crippen LogP contribution < -0.4 is 5.32 Å². The molecule has 2 heteroatoms. The summed E-state index contributed by atoms with van der Waals surface area (Å²) in [6.07, 6.45) is 4.08. The predicted molar refractivity (Wildman–Crippen MR) is 71.2 cm³/mol. The molecule has 1 N–H and O–H groups in total. The Kier molecular flexibility index (Phi) is 3.17. The number of likely N-dealkylation sites (N-methyl/N-ethyl adjacent to an activating group) is 1. The number of likely N-dealkylation sites (tertiary alicyclic amines) is 1. The lowest BCUT2D eigenvalue weighted by Gasteiger charge is -2.13. The lowest BCUT2D eigenvalue weighted by Crippen LogP contribution is -2.30. The van der Waals surface area contributed by atoms with E-state index in [0.717, 1.165) is 12.5 Å². The van der Waals surface area contributed by atoms with Crippen LogP contribution in [-0.4, -0.2) is 31.1 Å². The third-order valence-electron chi connectivity index (χ3n) is 3.99. The Morgan fingerprint density at radius 3 is 2.88 bits per heavy atom. The van der Waals surface area contributed by atoms with Gasteiger partial charge in [-0.15, -0.1) is 0 Å². The first-order valence-corrected chi connectivity index (χ1v) is 6.82. The first-order chi connectivity index (χ1) is 8.31. The van der Waals surface area contributed by atoms with Crippen molar-refractivity contribution in [3.63, 3.8) is 0 Å². The molecule has 0 radical (unpaired) electrons. The van der Waals surface area contributed by atoms with Crippen LogP contribution in [0, 0.1) is 0 Å². The Balaban J connectivity index is 1.55. The van der Waals surface area contributed by atoms with Crippen molar-refractivity contribution in [2.45, 2.75) is 37.8 Å². The first kappa shape index (κ1) is 11.2. The minimum atomic E-state index is 0.685. The van der Waals surface area contributed by atoms with E-state index in [0.29, 0.717) is 6.04 Å². The van der Waals surface area contributed by atoms with Gasteiger partial charge in [0.15, 0.2) is 0 Å². The van der Waals surface area contributed by atoms with E-state index >= 15 is 0 Å². The Bertz CT molecular complexity index is 384. The van der Waals surface area contributed by atoms with Crippen LogP contribution in [0.15, 0.2) is 24.3 Å². The van der Waals surface area contributed by atoms with E-state index in [9.17, 15) is 0 Å². The Hall–Kier alpha value is -0.860. The molecule has 2 nitrogen and oxygen atoms in total. The second kappa shape index (κ2) is 4.79. The molecule has 1 atom stereocenters.